The molecule has 4 atom stereocenters. The van der Waals surface area contributed by atoms with E-state index in [0.717, 1.165) is 49.2 Å². The normalized spacial score (nSPS) is 26.4. The number of fused-ring (bicyclic) bond motifs is 3. The number of methoxy groups -OCH3 is 1. The summed E-state index contributed by atoms with van der Waals surface area (Å²) in [5.41, 5.74) is 4.87. The Bertz CT molecular complexity index is 1470. The number of hydrogen-bond acceptors (Lipinski definition) is 7. The first-order valence-electron chi connectivity index (χ1n) is 16.1. The lowest BCUT2D eigenvalue weighted by atomic mass is 9.58. The third kappa shape index (κ3) is 6.65. The highest BCUT2D eigenvalue weighted by Gasteiger charge is 2.58. The fraction of sp³-hybridized carbons (Fsp3) is 0.486. The van der Waals surface area contributed by atoms with Crippen molar-refractivity contribution in [2.45, 2.75) is 64.0 Å². The summed E-state index contributed by atoms with van der Waals surface area (Å²) in [5, 5.41) is 20.4. The number of amides is 2. The lowest BCUT2D eigenvalue weighted by Gasteiger charge is -2.43. The van der Waals surface area contributed by atoms with Gasteiger partial charge >= 0.3 is 7.12 Å². The van der Waals surface area contributed by atoms with Crippen molar-refractivity contribution < 1.29 is 33.5 Å². The standard InChI is InChI=1S/C35H42BFN2O6/c1-22(16-24-9-10-30(40)29(37)17-24)8-11-31-32-25(21-44-2)18-27-33(28(32)19-36(43)45-31)35(42)39(34(27)41)26-12-14-38(15-13-26)20-23-6-4-3-5-7-23/h3-7,9-10,16-17,26-28,31,33,40,43H,8,11-15,18-21H2,1-2H3/b22-16+/t27-,28+,31-,33-/m1/s1. The smallest absolute Gasteiger partial charge is 0.455 e. The van der Waals surface area contributed by atoms with Crippen LogP contribution in [0.25, 0.3) is 6.08 Å². The van der Waals surface area contributed by atoms with Crippen LogP contribution in [0.3, 0.4) is 0 Å². The van der Waals surface area contributed by atoms with E-state index in [1.165, 1.54) is 17.7 Å². The Morgan fingerprint density at radius 3 is 2.58 bits per heavy atom. The van der Waals surface area contributed by atoms with E-state index >= 15 is 0 Å². The number of imide groups is 1. The third-order valence-corrected chi connectivity index (χ3v) is 10.0. The summed E-state index contributed by atoms with van der Waals surface area (Å²) >= 11 is 0. The number of phenolic OH excluding ortho intramolecular Hbond substituents is 1. The van der Waals surface area contributed by atoms with Gasteiger partial charge in [-0.2, -0.15) is 0 Å². The molecule has 0 spiro atoms. The summed E-state index contributed by atoms with van der Waals surface area (Å²) < 4.78 is 25.5. The third-order valence-electron chi connectivity index (χ3n) is 10.0. The molecule has 8 nitrogen and oxygen atoms in total. The number of nitrogens with zero attached hydrogens (tertiary/aromatic N) is 2. The Morgan fingerprint density at radius 1 is 1.11 bits per heavy atom. The molecule has 2 aromatic rings. The van der Waals surface area contributed by atoms with Gasteiger partial charge in [-0.15, -0.1) is 0 Å². The molecule has 2 amide bonds. The summed E-state index contributed by atoms with van der Waals surface area (Å²) in [6.07, 6.45) is 4.84. The second-order valence-electron chi connectivity index (χ2n) is 13.0. The van der Waals surface area contributed by atoms with Crippen LogP contribution in [0.15, 0.2) is 65.3 Å². The van der Waals surface area contributed by atoms with E-state index in [1.54, 1.807) is 18.1 Å². The summed E-state index contributed by atoms with van der Waals surface area (Å²) in [7, 11) is 0.586. The van der Waals surface area contributed by atoms with Crippen LogP contribution in [0.1, 0.15) is 50.2 Å². The number of phenols is 1. The molecule has 0 saturated carbocycles. The number of piperidine rings is 1. The number of carbonyl (C=O) groups excluding carboxylic acids is 2. The molecule has 0 unspecified atom stereocenters. The summed E-state index contributed by atoms with van der Waals surface area (Å²) in [6, 6.07) is 14.5. The average molecular weight is 617 g/mol. The van der Waals surface area contributed by atoms with Crippen LogP contribution >= 0.6 is 0 Å². The van der Waals surface area contributed by atoms with Gasteiger partial charge in [0, 0.05) is 32.8 Å². The molecule has 4 aliphatic rings. The van der Waals surface area contributed by atoms with Crippen molar-refractivity contribution >= 4 is 25.0 Å². The van der Waals surface area contributed by atoms with Gasteiger partial charge in [-0.1, -0.05) is 48.0 Å². The molecule has 0 radical (unpaired) electrons. The van der Waals surface area contributed by atoms with Crippen molar-refractivity contribution in [3.8, 4) is 5.75 Å². The second kappa shape index (κ2) is 13.6. The van der Waals surface area contributed by atoms with Gasteiger partial charge < -0.3 is 19.5 Å². The van der Waals surface area contributed by atoms with E-state index in [-0.39, 0.29) is 35.8 Å². The van der Waals surface area contributed by atoms with Crippen LogP contribution in [0.2, 0.25) is 6.32 Å². The molecule has 238 valence electrons. The predicted molar refractivity (Wildman–Crippen MR) is 169 cm³/mol. The van der Waals surface area contributed by atoms with E-state index in [0.29, 0.717) is 31.4 Å². The van der Waals surface area contributed by atoms with Crippen molar-refractivity contribution in [1.29, 1.82) is 0 Å². The first kappa shape index (κ1) is 31.7. The van der Waals surface area contributed by atoms with E-state index in [9.17, 15) is 24.1 Å². The molecule has 3 heterocycles. The number of aromatic hydroxyl groups is 1. The number of benzene rings is 2. The van der Waals surface area contributed by atoms with Gasteiger partial charge in [0.25, 0.3) is 0 Å². The van der Waals surface area contributed by atoms with Crippen molar-refractivity contribution in [3.63, 3.8) is 0 Å². The minimum absolute atomic E-state index is 0.0865. The topological polar surface area (TPSA) is 99.5 Å². The SMILES string of the molecule is COCC1=C2[C@@H](CC/C(C)=C/c3ccc(O)c(F)c3)OB(O)C[C@@H]2[C@@H]2C(=O)N(C3CCN(Cc4ccccc4)CC3)C(=O)[C@@H]2C1. The van der Waals surface area contributed by atoms with Gasteiger partial charge in [0.2, 0.25) is 11.8 Å². The van der Waals surface area contributed by atoms with Gasteiger partial charge in [0.1, 0.15) is 0 Å². The minimum atomic E-state index is -1.04. The molecule has 3 aliphatic heterocycles. The molecule has 2 aromatic carbocycles. The Morgan fingerprint density at radius 2 is 1.87 bits per heavy atom. The molecule has 0 aromatic heterocycles. The first-order valence-corrected chi connectivity index (χ1v) is 16.1. The zero-order chi connectivity index (χ0) is 31.7. The molecule has 3 fully saturated rings. The summed E-state index contributed by atoms with van der Waals surface area (Å²) in [4.78, 5) is 32.0. The van der Waals surface area contributed by atoms with Crippen molar-refractivity contribution in [1.82, 2.24) is 9.80 Å². The van der Waals surface area contributed by atoms with Crippen LogP contribution < -0.4 is 0 Å². The van der Waals surface area contributed by atoms with Crippen molar-refractivity contribution in [2.75, 3.05) is 26.8 Å². The number of likely N-dealkylation sites (tertiary alicyclic amines) is 2. The van der Waals surface area contributed by atoms with Crippen molar-refractivity contribution in [3.05, 3.63) is 82.2 Å². The zero-order valence-corrected chi connectivity index (χ0v) is 26.0. The van der Waals surface area contributed by atoms with Gasteiger partial charge in [-0.25, -0.2) is 4.39 Å². The number of hydrogen-bond donors (Lipinski definition) is 2. The lowest BCUT2D eigenvalue weighted by Crippen LogP contribution is -2.48. The molecule has 1 aliphatic carbocycles. The monoisotopic (exact) mass is 616 g/mol. The highest BCUT2D eigenvalue weighted by molar-refractivity contribution is 6.43. The van der Waals surface area contributed by atoms with E-state index in [4.69, 9.17) is 9.39 Å². The highest BCUT2D eigenvalue weighted by Crippen LogP contribution is 2.51. The van der Waals surface area contributed by atoms with E-state index < -0.39 is 30.9 Å². The maximum absolute atomic E-state index is 14.1. The van der Waals surface area contributed by atoms with Gasteiger partial charge in [-0.3, -0.25) is 19.4 Å². The minimum Gasteiger partial charge on any atom is -0.505 e. The molecular weight excluding hydrogens is 574 g/mol. The van der Waals surface area contributed by atoms with Crippen LogP contribution in [-0.4, -0.2) is 77.8 Å². The molecule has 10 heteroatoms. The second-order valence-corrected chi connectivity index (χ2v) is 13.0. The zero-order valence-electron chi connectivity index (χ0n) is 26.0. The molecule has 2 N–H and O–H groups in total. The first-order chi connectivity index (χ1) is 21.7. The van der Waals surface area contributed by atoms with Crippen LogP contribution in [-0.2, 0) is 25.5 Å². The maximum atomic E-state index is 14.1. The Kier molecular flexibility index (Phi) is 9.56. The van der Waals surface area contributed by atoms with Gasteiger partial charge in [0.05, 0.1) is 24.5 Å². The number of ether oxygens (including phenoxy) is 1. The summed E-state index contributed by atoms with van der Waals surface area (Å²) in [6.45, 7) is 4.80. The average Bonchev–Trinajstić information content (AvgIpc) is 3.27. The quantitative estimate of drug-likeness (QED) is 0.237. The van der Waals surface area contributed by atoms with Crippen LogP contribution in [0.5, 0.6) is 5.75 Å². The highest BCUT2D eigenvalue weighted by atomic mass is 19.1. The van der Waals surface area contributed by atoms with E-state index in [1.807, 2.05) is 31.2 Å². The van der Waals surface area contributed by atoms with Crippen LogP contribution in [0, 0.1) is 23.6 Å². The number of rotatable bonds is 9. The molecule has 6 rings (SSSR count). The fourth-order valence-corrected chi connectivity index (χ4v) is 7.96. The molecule has 0 bridgehead atoms. The maximum Gasteiger partial charge on any atom is 0.455 e. The largest absolute Gasteiger partial charge is 0.505 e. The predicted octanol–water partition coefficient (Wildman–Crippen LogP) is 4.82. The van der Waals surface area contributed by atoms with E-state index in [2.05, 4.69) is 17.0 Å². The molecule has 3 saturated heterocycles. The Balaban J connectivity index is 1.17. The number of carbonyl (C=O) groups is 2. The van der Waals surface area contributed by atoms with Crippen molar-refractivity contribution in [2.24, 2.45) is 17.8 Å². The van der Waals surface area contributed by atoms with Crippen LogP contribution in [0.4, 0.5) is 4.39 Å². The fourth-order valence-electron chi connectivity index (χ4n) is 7.96. The van der Waals surface area contributed by atoms with Gasteiger partial charge in [0.15, 0.2) is 11.6 Å². The number of allylic oxidation sites excluding steroid dienone is 1. The Hall–Kier alpha value is -3.31. The molecule has 45 heavy (non-hydrogen) atoms. The molecular formula is C35H42BFN2O6. The summed E-state index contributed by atoms with van der Waals surface area (Å²) in [5.74, 6) is -2.51. The number of halogens is 1. The lowest BCUT2D eigenvalue weighted by molar-refractivity contribution is -0.144. The Labute approximate surface area is 264 Å². The van der Waals surface area contributed by atoms with Gasteiger partial charge in [-0.05, 0) is 85.7 Å².